The first kappa shape index (κ1) is 16.4. The molecule has 0 aliphatic rings. The highest BCUT2D eigenvalue weighted by Crippen LogP contribution is 2.23. The third-order valence-electron chi connectivity index (χ3n) is 3.61. The largest absolute Gasteiger partial charge is 0.497 e. The van der Waals surface area contributed by atoms with Gasteiger partial charge in [0.2, 0.25) is 0 Å². The van der Waals surface area contributed by atoms with E-state index >= 15 is 0 Å². The first-order valence-electron chi connectivity index (χ1n) is 7.65. The smallest absolute Gasteiger partial charge is 0.316 e. The SMILES string of the molecule is COc1cccc(COC(=O)CSc2ccc3ccccc3c2)c1. The number of carbonyl (C=O) groups is 1. The first-order chi connectivity index (χ1) is 11.7. The predicted molar refractivity (Wildman–Crippen MR) is 97.5 cm³/mol. The van der Waals surface area contributed by atoms with Crippen molar-refractivity contribution in [3.8, 4) is 5.75 Å². The molecule has 3 nitrogen and oxygen atoms in total. The molecule has 0 radical (unpaired) electrons. The second kappa shape index (κ2) is 7.88. The van der Waals surface area contributed by atoms with Crippen molar-refractivity contribution in [2.45, 2.75) is 11.5 Å². The van der Waals surface area contributed by atoms with Gasteiger partial charge in [0.25, 0.3) is 0 Å². The molecule has 0 aliphatic carbocycles. The lowest BCUT2D eigenvalue weighted by molar-refractivity contribution is -0.141. The van der Waals surface area contributed by atoms with Crippen LogP contribution in [0.25, 0.3) is 10.8 Å². The van der Waals surface area contributed by atoms with Crippen molar-refractivity contribution in [3.63, 3.8) is 0 Å². The molecule has 0 unspecified atom stereocenters. The van der Waals surface area contributed by atoms with E-state index < -0.39 is 0 Å². The quantitative estimate of drug-likeness (QED) is 0.483. The minimum Gasteiger partial charge on any atom is -0.497 e. The Balaban J connectivity index is 1.52. The summed E-state index contributed by atoms with van der Waals surface area (Å²) in [5, 5.41) is 2.37. The van der Waals surface area contributed by atoms with Crippen molar-refractivity contribution < 1.29 is 14.3 Å². The molecule has 0 saturated carbocycles. The Labute approximate surface area is 145 Å². The average Bonchev–Trinajstić information content (AvgIpc) is 2.64. The van der Waals surface area contributed by atoms with E-state index in [9.17, 15) is 4.79 Å². The third-order valence-corrected chi connectivity index (χ3v) is 4.58. The summed E-state index contributed by atoms with van der Waals surface area (Å²) in [4.78, 5) is 13.0. The van der Waals surface area contributed by atoms with Crippen LogP contribution in [-0.4, -0.2) is 18.8 Å². The van der Waals surface area contributed by atoms with Crippen LogP contribution < -0.4 is 4.74 Å². The summed E-state index contributed by atoms with van der Waals surface area (Å²) < 4.78 is 10.5. The Morgan fingerprint density at radius 1 is 0.958 bits per heavy atom. The van der Waals surface area contributed by atoms with Crippen molar-refractivity contribution in [2.24, 2.45) is 0 Å². The molecule has 0 spiro atoms. The van der Waals surface area contributed by atoms with Gasteiger partial charge in [0.1, 0.15) is 12.4 Å². The summed E-state index contributed by atoms with van der Waals surface area (Å²) in [5.74, 6) is 0.826. The molecule has 0 saturated heterocycles. The molecule has 4 heteroatoms. The van der Waals surface area contributed by atoms with Crippen molar-refractivity contribution in [1.82, 2.24) is 0 Å². The Morgan fingerprint density at radius 2 is 1.79 bits per heavy atom. The summed E-state index contributed by atoms with van der Waals surface area (Å²) >= 11 is 1.49. The number of hydrogen-bond donors (Lipinski definition) is 0. The van der Waals surface area contributed by atoms with Gasteiger partial charge in [0.15, 0.2) is 0 Å². The fourth-order valence-corrected chi connectivity index (χ4v) is 3.11. The van der Waals surface area contributed by atoms with Crippen molar-refractivity contribution in [3.05, 3.63) is 72.3 Å². The predicted octanol–water partition coefficient (Wildman–Crippen LogP) is 4.68. The lowest BCUT2D eigenvalue weighted by atomic mass is 10.1. The van der Waals surface area contributed by atoms with Gasteiger partial charge in [-0.15, -0.1) is 11.8 Å². The van der Waals surface area contributed by atoms with Gasteiger partial charge in [-0.3, -0.25) is 4.79 Å². The van der Waals surface area contributed by atoms with Gasteiger partial charge in [-0.05, 0) is 40.6 Å². The van der Waals surface area contributed by atoms with Crippen LogP contribution in [0.3, 0.4) is 0 Å². The molecule has 122 valence electrons. The van der Waals surface area contributed by atoms with E-state index in [1.165, 1.54) is 22.5 Å². The van der Waals surface area contributed by atoms with Crippen LogP contribution in [0.4, 0.5) is 0 Å². The highest BCUT2D eigenvalue weighted by Gasteiger charge is 2.06. The normalized spacial score (nSPS) is 10.5. The van der Waals surface area contributed by atoms with Crippen LogP contribution in [0, 0.1) is 0 Å². The molecule has 0 atom stereocenters. The highest BCUT2D eigenvalue weighted by molar-refractivity contribution is 8.00. The van der Waals surface area contributed by atoms with E-state index in [0.717, 1.165) is 16.2 Å². The van der Waals surface area contributed by atoms with Crippen molar-refractivity contribution >= 4 is 28.5 Å². The molecule has 0 N–H and O–H groups in total. The fraction of sp³-hybridized carbons (Fsp3) is 0.150. The number of benzene rings is 3. The number of methoxy groups -OCH3 is 1. The number of ether oxygens (including phenoxy) is 2. The summed E-state index contributed by atoms with van der Waals surface area (Å²) in [6.45, 7) is 0.258. The van der Waals surface area contributed by atoms with E-state index in [0.29, 0.717) is 5.75 Å². The zero-order valence-electron chi connectivity index (χ0n) is 13.4. The first-order valence-corrected chi connectivity index (χ1v) is 8.63. The summed E-state index contributed by atoms with van der Waals surface area (Å²) in [6, 6.07) is 21.9. The molecule has 3 rings (SSSR count). The Hall–Kier alpha value is -2.46. The van der Waals surface area contributed by atoms with Crippen LogP contribution >= 0.6 is 11.8 Å². The Kier molecular flexibility index (Phi) is 5.39. The minimum atomic E-state index is -0.226. The topological polar surface area (TPSA) is 35.5 Å². The molecule has 0 aliphatic heterocycles. The highest BCUT2D eigenvalue weighted by atomic mass is 32.2. The molecule has 0 heterocycles. The van der Waals surface area contributed by atoms with Gasteiger partial charge < -0.3 is 9.47 Å². The summed E-state index contributed by atoms with van der Waals surface area (Å²) in [6.07, 6.45) is 0. The second-order valence-corrected chi connectivity index (χ2v) is 6.36. The van der Waals surface area contributed by atoms with Crippen LogP contribution in [0.2, 0.25) is 0 Å². The number of thioether (sulfide) groups is 1. The lowest BCUT2D eigenvalue weighted by Crippen LogP contribution is -2.07. The average molecular weight is 338 g/mol. The van der Waals surface area contributed by atoms with Gasteiger partial charge in [-0.1, -0.05) is 42.5 Å². The maximum absolute atomic E-state index is 11.9. The molecule has 3 aromatic rings. The van der Waals surface area contributed by atoms with Crippen molar-refractivity contribution in [1.29, 1.82) is 0 Å². The number of hydrogen-bond acceptors (Lipinski definition) is 4. The molecular formula is C20H18O3S. The Bertz CT molecular complexity index is 845. The molecule has 0 fully saturated rings. The van der Waals surface area contributed by atoms with Crippen LogP contribution in [0.1, 0.15) is 5.56 Å². The van der Waals surface area contributed by atoms with Crippen LogP contribution in [0.5, 0.6) is 5.75 Å². The van der Waals surface area contributed by atoms with E-state index in [1.54, 1.807) is 7.11 Å². The van der Waals surface area contributed by atoms with E-state index in [2.05, 4.69) is 24.3 Å². The Morgan fingerprint density at radius 3 is 2.62 bits per heavy atom. The van der Waals surface area contributed by atoms with Gasteiger partial charge >= 0.3 is 5.97 Å². The monoisotopic (exact) mass is 338 g/mol. The van der Waals surface area contributed by atoms with E-state index in [4.69, 9.17) is 9.47 Å². The maximum Gasteiger partial charge on any atom is 0.316 e. The van der Waals surface area contributed by atoms with Crippen molar-refractivity contribution in [2.75, 3.05) is 12.9 Å². The van der Waals surface area contributed by atoms with Gasteiger partial charge in [-0.2, -0.15) is 0 Å². The minimum absolute atomic E-state index is 0.226. The standard InChI is InChI=1S/C20H18O3S/c1-22-18-8-4-5-15(11-18)13-23-20(21)14-24-19-10-9-16-6-2-3-7-17(16)12-19/h2-12H,13-14H2,1H3. The molecular weight excluding hydrogens is 320 g/mol. The second-order valence-electron chi connectivity index (χ2n) is 5.31. The molecule has 0 aromatic heterocycles. The number of esters is 1. The molecule has 0 amide bonds. The van der Waals surface area contributed by atoms with Gasteiger partial charge in [-0.25, -0.2) is 0 Å². The number of rotatable bonds is 6. The number of fused-ring (bicyclic) bond motifs is 1. The zero-order valence-corrected chi connectivity index (χ0v) is 14.2. The van der Waals surface area contributed by atoms with Crippen LogP contribution in [-0.2, 0) is 16.1 Å². The fourth-order valence-electron chi connectivity index (χ4n) is 2.37. The maximum atomic E-state index is 11.9. The molecule has 0 bridgehead atoms. The number of carbonyl (C=O) groups excluding carboxylic acids is 1. The van der Waals surface area contributed by atoms with E-state index in [-0.39, 0.29) is 12.6 Å². The van der Waals surface area contributed by atoms with Gasteiger partial charge in [0.05, 0.1) is 12.9 Å². The van der Waals surface area contributed by atoms with E-state index in [1.807, 2.05) is 42.5 Å². The lowest BCUT2D eigenvalue weighted by Gasteiger charge is -2.07. The zero-order chi connectivity index (χ0) is 16.8. The molecule has 24 heavy (non-hydrogen) atoms. The molecule has 3 aromatic carbocycles. The summed E-state index contributed by atoms with van der Waals surface area (Å²) in [7, 11) is 1.62. The third kappa shape index (κ3) is 4.30. The summed E-state index contributed by atoms with van der Waals surface area (Å²) in [5.41, 5.74) is 0.915. The van der Waals surface area contributed by atoms with Crippen LogP contribution in [0.15, 0.2) is 71.6 Å². The van der Waals surface area contributed by atoms with Gasteiger partial charge in [0, 0.05) is 4.90 Å².